The van der Waals surface area contributed by atoms with Gasteiger partial charge in [0, 0.05) is 18.8 Å². The van der Waals surface area contributed by atoms with E-state index >= 15 is 0 Å². The Kier molecular flexibility index (Phi) is 6.76. The predicted molar refractivity (Wildman–Crippen MR) is 98.9 cm³/mol. The molecule has 0 unspecified atom stereocenters. The molecule has 2 rings (SSSR count). The Morgan fingerprint density at radius 1 is 1.36 bits per heavy atom. The van der Waals surface area contributed by atoms with Gasteiger partial charge in [-0.25, -0.2) is 4.98 Å². The van der Waals surface area contributed by atoms with Gasteiger partial charge in [0.15, 0.2) is 5.13 Å². The molecule has 1 heterocycles. The van der Waals surface area contributed by atoms with Crippen molar-refractivity contribution in [3.63, 3.8) is 0 Å². The third-order valence-electron chi connectivity index (χ3n) is 3.42. The molecule has 0 fully saturated rings. The second kappa shape index (κ2) is 9.03. The zero-order chi connectivity index (χ0) is 18.2. The first-order chi connectivity index (χ1) is 12.0. The van der Waals surface area contributed by atoms with E-state index in [9.17, 15) is 9.59 Å². The number of primary amides is 1. The molecular formula is C17H22N4O3S. The van der Waals surface area contributed by atoms with Crippen LogP contribution in [0.3, 0.4) is 0 Å². The third-order valence-corrected chi connectivity index (χ3v) is 4.33. The number of carbonyl (C=O) groups excluding carboxylic acids is 2. The summed E-state index contributed by atoms with van der Waals surface area (Å²) >= 11 is 1.44. The molecule has 0 bridgehead atoms. The Balaban J connectivity index is 1.98. The van der Waals surface area contributed by atoms with Crippen molar-refractivity contribution in [2.24, 2.45) is 5.73 Å². The molecule has 0 spiro atoms. The van der Waals surface area contributed by atoms with E-state index in [2.05, 4.69) is 10.3 Å². The van der Waals surface area contributed by atoms with Crippen LogP contribution in [-0.2, 0) is 16.1 Å². The summed E-state index contributed by atoms with van der Waals surface area (Å²) in [4.78, 5) is 28.5. The lowest BCUT2D eigenvalue weighted by atomic mass is 10.3. The highest BCUT2D eigenvalue weighted by atomic mass is 32.1. The number of carbonyl (C=O) groups is 2. The van der Waals surface area contributed by atoms with Crippen molar-refractivity contribution in [3.8, 4) is 5.75 Å². The van der Waals surface area contributed by atoms with Crippen LogP contribution in [0.5, 0.6) is 5.75 Å². The average Bonchev–Trinajstić information content (AvgIpc) is 3.02. The zero-order valence-electron chi connectivity index (χ0n) is 14.3. The molecule has 134 valence electrons. The second-order valence-electron chi connectivity index (χ2n) is 5.30. The molecule has 0 saturated heterocycles. The van der Waals surface area contributed by atoms with Gasteiger partial charge in [0.25, 0.3) is 0 Å². The number of nitrogens with two attached hydrogens (primary N) is 1. The molecular weight excluding hydrogens is 340 g/mol. The van der Waals surface area contributed by atoms with Crippen LogP contribution in [0.2, 0.25) is 0 Å². The minimum absolute atomic E-state index is 0.0236. The van der Waals surface area contributed by atoms with E-state index in [-0.39, 0.29) is 18.9 Å². The maximum Gasteiger partial charge on any atom is 0.225 e. The molecule has 1 aromatic carbocycles. The summed E-state index contributed by atoms with van der Waals surface area (Å²) in [7, 11) is 0. The lowest BCUT2D eigenvalue weighted by Crippen LogP contribution is -2.27. The number of hydrogen-bond donors (Lipinski definition) is 2. The molecule has 0 aliphatic rings. The lowest BCUT2D eigenvalue weighted by Gasteiger charge is -2.14. The summed E-state index contributed by atoms with van der Waals surface area (Å²) in [6.07, 6.45) is 0.168. The number of thiazole rings is 1. The van der Waals surface area contributed by atoms with E-state index in [0.717, 1.165) is 11.4 Å². The van der Waals surface area contributed by atoms with Crippen LogP contribution in [0.15, 0.2) is 29.6 Å². The van der Waals surface area contributed by atoms with Crippen LogP contribution < -0.4 is 20.7 Å². The Hall–Kier alpha value is -2.61. The molecule has 3 N–H and O–H groups in total. The number of nitrogens with zero attached hydrogens (tertiary/aromatic N) is 2. The fourth-order valence-corrected chi connectivity index (χ4v) is 3.11. The summed E-state index contributed by atoms with van der Waals surface area (Å²) in [5.41, 5.74) is 6.76. The molecule has 0 radical (unpaired) electrons. The van der Waals surface area contributed by atoms with Crippen LogP contribution >= 0.6 is 11.3 Å². The van der Waals surface area contributed by atoms with Crippen molar-refractivity contribution in [1.82, 2.24) is 4.98 Å². The van der Waals surface area contributed by atoms with Gasteiger partial charge < -0.3 is 15.8 Å². The van der Waals surface area contributed by atoms with Crippen molar-refractivity contribution in [3.05, 3.63) is 35.3 Å². The molecule has 0 atom stereocenters. The lowest BCUT2D eigenvalue weighted by molar-refractivity contribution is -0.118. The number of rotatable bonds is 9. The third kappa shape index (κ3) is 5.46. The maximum atomic E-state index is 11.6. The monoisotopic (exact) mass is 362 g/mol. The van der Waals surface area contributed by atoms with E-state index in [1.807, 2.05) is 36.6 Å². The molecule has 2 aromatic rings. The van der Waals surface area contributed by atoms with E-state index in [4.69, 9.17) is 10.5 Å². The maximum absolute atomic E-state index is 11.6. The van der Waals surface area contributed by atoms with Gasteiger partial charge in [0.05, 0.1) is 31.0 Å². The van der Waals surface area contributed by atoms with Crippen molar-refractivity contribution in [2.45, 2.75) is 26.8 Å². The van der Waals surface area contributed by atoms with Crippen LogP contribution in [0.4, 0.5) is 10.8 Å². The number of nitrogens with one attached hydrogen (secondary N) is 1. The highest BCUT2D eigenvalue weighted by molar-refractivity contribution is 7.14. The fourth-order valence-electron chi connectivity index (χ4n) is 2.18. The topological polar surface area (TPSA) is 97.6 Å². The van der Waals surface area contributed by atoms with E-state index in [0.29, 0.717) is 24.0 Å². The van der Waals surface area contributed by atoms with E-state index in [1.165, 1.54) is 18.3 Å². The molecule has 8 heteroatoms. The average molecular weight is 362 g/mol. The first-order valence-electron chi connectivity index (χ1n) is 7.97. The number of amides is 2. The number of hydrogen-bond acceptors (Lipinski definition) is 6. The molecule has 0 aliphatic carbocycles. The quantitative estimate of drug-likeness (QED) is 0.714. The van der Waals surface area contributed by atoms with Crippen molar-refractivity contribution in [2.75, 3.05) is 23.4 Å². The number of ether oxygens (including phenoxy) is 1. The van der Waals surface area contributed by atoms with Crippen LogP contribution in [0.25, 0.3) is 0 Å². The van der Waals surface area contributed by atoms with Crippen molar-refractivity contribution in [1.29, 1.82) is 0 Å². The summed E-state index contributed by atoms with van der Waals surface area (Å²) in [5.74, 6) is 0.231. The Morgan fingerprint density at radius 3 is 2.80 bits per heavy atom. The second-order valence-corrected chi connectivity index (χ2v) is 6.14. The van der Waals surface area contributed by atoms with Gasteiger partial charge in [-0.3, -0.25) is 14.5 Å². The minimum Gasteiger partial charge on any atom is -0.491 e. The number of anilines is 2. The predicted octanol–water partition coefficient (Wildman–Crippen LogP) is 2.38. The Bertz CT molecular complexity index is 732. The molecule has 25 heavy (non-hydrogen) atoms. The molecule has 0 saturated carbocycles. The van der Waals surface area contributed by atoms with Crippen LogP contribution in [-0.4, -0.2) is 29.9 Å². The number of aromatic nitrogens is 1. The highest BCUT2D eigenvalue weighted by Crippen LogP contribution is 2.26. The Labute approximate surface area is 150 Å². The van der Waals surface area contributed by atoms with Gasteiger partial charge in [0.2, 0.25) is 11.8 Å². The number of benzene rings is 1. The van der Waals surface area contributed by atoms with Gasteiger partial charge in [-0.1, -0.05) is 12.1 Å². The zero-order valence-corrected chi connectivity index (χ0v) is 15.1. The van der Waals surface area contributed by atoms with Gasteiger partial charge in [-0.2, -0.15) is 0 Å². The summed E-state index contributed by atoms with van der Waals surface area (Å²) < 4.78 is 5.59. The fraction of sp³-hybridized carbons (Fsp3) is 0.353. The van der Waals surface area contributed by atoms with E-state index < -0.39 is 5.91 Å². The smallest absolute Gasteiger partial charge is 0.225 e. The van der Waals surface area contributed by atoms with Gasteiger partial charge >= 0.3 is 0 Å². The Morgan fingerprint density at radius 2 is 2.12 bits per heavy atom. The van der Waals surface area contributed by atoms with Crippen molar-refractivity contribution >= 4 is 34.0 Å². The molecule has 2 amide bonds. The first kappa shape index (κ1) is 18.7. The minimum atomic E-state index is -0.397. The number of para-hydroxylation sites is 2. The molecule has 1 aromatic heterocycles. The van der Waals surface area contributed by atoms with Crippen LogP contribution in [0, 0.1) is 0 Å². The summed E-state index contributed by atoms with van der Waals surface area (Å²) in [5, 5.41) is 5.88. The summed E-state index contributed by atoms with van der Waals surface area (Å²) in [6, 6.07) is 7.47. The van der Waals surface area contributed by atoms with Gasteiger partial charge in [-0.05, 0) is 19.1 Å². The standard InChI is InChI=1S/C17H22N4O3S/c1-3-21(12(2)22)17-20-13(11-25-17)10-19-14-6-4-5-7-15(14)24-9-8-16(18)23/h4-7,11,19H,3,8-10H2,1-2H3,(H2,18,23). The van der Waals surface area contributed by atoms with Crippen LogP contribution in [0.1, 0.15) is 26.0 Å². The molecule has 0 aliphatic heterocycles. The van der Waals surface area contributed by atoms with Crippen molar-refractivity contribution < 1.29 is 14.3 Å². The summed E-state index contributed by atoms with van der Waals surface area (Å²) in [6.45, 7) is 4.77. The normalized spacial score (nSPS) is 10.3. The van der Waals surface area contributed by atoms with Gasteiger partial charge in [-0.15, -0.1) is 11.3 Å². The largest absolute Gasteiger partial charge is 0.491 e. The highest BCUT2D eigenvalue weighted by Gasteiger charge is 2.13. The van der Waals surface area contributed by atoms with Gasteiger partial charge in [0.1, 0.15) is 5.75 Å². The van der Waals surface area contributed by atoms with E-state index in [1.54, 1.807) is 4.90 Å². The molecule has 7 nitrogen and oxygen atoms in total. The first-order valence-corrected chi connectivity index (χ1v) is 8.85. The SMILES string of the molecule is CCN(C(C)=O)c1nc(CNc2ccccc2OCCC(N)=O)cs1.